The molecule has 0 spiro atoms. The molecule has 108 valence electrons. The highest BCUT2D eigenvalue weighted by Gasteiger charge is 2.28. The lowest BCUT2D eigenvalue weighted by atomic mass is 10.0. The van der Waals surface area contributed by atoms with Gasteiger partial charge in [0.25, 0.3) is 5.91 Å². The van der Waals surface area contributed by atoms with Crippen LogP contribution in [0.25, 0.3) is 0 Å². The SMILES string of the molecule is O=C(O)CCC1CCN(C(=O)c2cccc(F)c2Br)C1. The number of carbonyl (C=O) groups excluding carboxylic acids is 1. The number of amides is 1. The highest BCUT2D eigenvalue weighted by atomic mass is 79.9. The molecule has 1 aliphatic rings. The second-order valence-electron chi connectivity index (χ2n) is 4.94. The molecule has 1 atom stereocenters. The van der Waals surface area contributed by atoms with Crippen molar-refractivity contribution in [2.45, 2.75) is 19.3 Å². The molecule has 1 aromatic rings. The summed E-state index contributed by atoms with van der Waals surface area (Å²) in [5, 5.41) is 8.67. The van der Waals surface area contributed by atoms with Crippen molar-refractivity contribution in [3.63, 3.8) is 0 Å². The van der Waals surface area contributed by atoms with E-state index < -0.39 is 11.8 Å². The van der Waals surface area contributed by atoms with Crippen molar-refractivity contribution in [2.24, 2.45) is 5.92 Å². The Kier molecular flexibility index (Phi) is 4.75. The Bertz CT molecular complexity index is 535. The van der Waals surface area contributed by atoms with Gasteiger partial charge in [-0.05, 0) is 46.8 Å². The van der Waals surface area contributed by atoms with Crippen molar-refractivity contribution in [1.82, 2.24) is 4.90 Å². The standard InChI is InChI=1S/C14H15BrFNO3/c15-13-10(2-1-3-11(13)16)14(20)17-7-6-9(8-17)4-5-12(18)19/h1-3,9H,4-8H2,(H,18,19). The first-order chi connectivity index (χ1) is 9.49. The van der Waals surface area contributed by atoms with Gasteiger partial charge in [-0.15, -0.1) is 0 Å². The first-order valence-corrected chi connectivity index (χ1v) is 7.23. The Morgan fingerprint density at radius 1 is 1.45 bits per heavy atom. The Morgan fingerprint density at radius 3 is 2.90 bits per heavy atom. The molecule has 0 bridgehead atoms. The van der Waals surface area contributed by atoms with Gasteiger partial charge in [-0.25, -0.2) is 4.39 Å². The third kappa shape index (κ3) is 3.36. The number of nitrogens with zero attached hydrogens (tertiary/aromatic N) is 1. The van der Waals surface area contributed by atoms with Gasteiger partial charge in [-0.2, -0.15) is 0 Å². The predicted molar refractivity (Wildman–Crippen MR) is 75.0 cm³/mol. The normalized spacial score (nSPS) is 18.3. The second kappa shape index (κ2) is 6.35. The summed E-state index contributed by atoms with van der Waals surface area (Å²) in [5.74, 6) is -1.28. The molecule has 0 saturated carbocycles. The van der Waals surface area contributed by atoms with Crippen LogP contribution in [0.5, 0.6) is 0 Å². The van der Waals surface area contributed by atoms with Crippen LogP contribution < -0.4 is 0 Å². The first-order valence-electron chi connectivity index (χ1n) is 6.44. The van der Waals surface area contributed by atoms with Crippen molar-refractivity contribution >= 4 is 27.8 Å². The lowest BCUT2D eigenvalue weighted by Gasteiger charge is -2.17. The molecule has 0 radical (unpaired) electrons. The topological polar surface area (TPSA) is 57.6 Å². The maximum atomic E-state index is 13.4. The van der Waals surface area contributed by atoms with Crippen LogP contribution in [0.15, 0.2) is 22.7 Å². The smallest absolute Gasteiger partial charge is 0.303 e. The zero-order valence-corrected chi connectivity index (χ0v) is 12.4. The molecule has 1 amide bonds. The van der Waals surface area contributed by atoms with E-state index in [1.54, 1.807) is 11.0 Å². The quantitative estimate of drug-likeness (QED) is 0.914. The third-order valence-electron chi connectivity index (χ3n) is 3.52. The van der Waals surface area contributed by atoms with E-state index in [0.717, 1.165) is 6.42 Å². The fourth-order valence-electron chi connectivity index (χ4n) is 2.42. The minimum absolute atomic E-state index is 0.121. The van der Waals surface area contributed by atoms with Crippen LogP contribution in [0.4, 0.5) is 4.39 Å². The first kappa shape index (κ1) is 15.0. The van der Waals surface area contributed by atoms with Crippen LogP contribution in [0.3, 0.4) is 0 Å². The molecule has 0 aliphatic carbocycles. The lowest BCUT2D eigenvalue weighted by molar-refractivity contribution is -0.137. The fourth-order valence-corrected chi connectivity index (χ4v) is 2.85. The van der Waals surface area contributed by atoms with E-state index in [0.29, 0.717) is 25.1 Å². The fraction of sp³-hybridized carbons (Fsp3) is 0.429. The Morgan fingerprint density at radius 2 is 2.20 bits per heavy atom. The number of benzene rings is 1. The molecular weight excluding hydrogens is 329 g/mol. The number of halogens is 2. The minimum Gasteiger partial charge on any atom is -0.481 e. The summed E-state index contributed by atoms with van der Waals surface area (Å²) in [6, 6.07) is 4.38. The third-order valence-corrected chi connectivity index (χ3v) is 4.33. The van der Waals surface area contributed by atoms with Crippen LogP contribution in [0.2, 0.25) is 0 Å². The van der Waals surface area contributed by atoms with E-state index in [9.17, 15) is 14.0 Å². The summed E-state index contributed by atoms with van der Waals surface area (Å²) in [4.78, 5) is 24.5. The van der Waals surface area contributed by atoms with Crippen LogP contribution in [-0.4, -0.2) is 35.0 Å². The van der Waals surface area contributed by atoms with Gasteiger partial charge in [0.15, 0.2) is 0 Å². The number of hydrogen-bond donors (Lipinski definition) is 1. The summed E-state index contributed by atoms with van der Waals surface area (Å²) < 4.78 is 13.6. The molecule has 6 heteroatoms. The molecule has 2 rings (SSSR count). The molecule has 1 aromatic carbocycles. The zero-order chi connectivity index (χ0) is 14.7. The molecule has 1 fully saturated rings. The molecule has 1 N–H and O–H groups in total. The van der Waals surface area contributed by atoms with E-state index in [1.807, 2.05) is 0 Å². The molecule has 4 nitrogen and oxygen atoms in total. The average molecular weight is 344 g/mol. The molecule has 1 unspecified atom stereocenters. The Labute approximate surface area is 124 Å². The molecular formula is C14H15BrFNO3. The van der Waals surface area contributed by atoms with Crippen molar-refractivity contribution in [3.05, 3.63) is 34.1 Å². The van der Waals surface area contributed by atoms with Crippen LogP contribution >= 0.6 is 15.9 Å². The number of hydrogen-bond acceptors (Lipinski definition) is 2. The van der Waals surface area contributed by atoms with Crippen LogP contribution in [0, 0.1) is 11.7 Å². The van der Waals surface area contributed by atoms with E-state index in [2.05, 4.69) is 15.9 Å². The molecule has 0 aromatic heterocycles. The highest BCUT2D eigenvalue weighted by molar-refractivity contribution is 9.10. The maximum Gasteiger partial charge on any atom is 0.303 e. The second-order valence-corrected chi connectivity index (χ2v) is 5.73. The van der Waals surface area contributed by atoms with E-state index in [1.165, 1.54) is 12.1 Å². The van der Waals surface area contributed by atoms with Gasteiger partial charge in [-0.1, -0.05) is 6.07 Å². The average Bonchev–Trinajstić information content (AvgIpc) is 2.87. The number of carbonyl (C=O) groups is 2. The number of aliphatic carboxylic acids is 1. The van der Waals surface area contributed by atoms with Crippen LogP contribution in [0.1, 0.15) is 29.6 Å². The van der Waals surface area contributed by atoms with E-state index in [-0.39, 0.29) is 22.7 Å². The Balaban J connectivity index is 2.01. The summed E-state index contributed by atoms with van der Waals surface area (Å²) in [7, 11) is 0. The molecule has 1 aliphatic heterocycles. The maximum absolute atomic E-state index is 13.4. The number of rotatable bonds is 4. The van der Waals surface area contributed by atoms with Gasteiger partial charge in [0.2, 0.25) is 0 Å². The largest absolute Gasteiger partial charge is 0.481 e. The van der Waals surface area contributed by atoms with Crippen molar-refractivity contribution in [1.29, 1.82) is 0 Å². The summed E-state index contributed by atoms with van der Waals surface area (Å²) >= 11 is 3.09. The summed E-state index contributed by atoms with van der Waals surface area (Å²) in [5.41, 5.74) is 0.309. The van der Waals surface area contributed by atoms with Crippen molar-refractivity contribution < 1.29 is 19.1 Å². The van der Waals surface area contributed by atoms with Crippen LogP contribution in [-0.2, 0) is 4.79 Å². The summed E-state index contributed by atoms with van der Waals surface area (Å²) in [6.07, 6.45) is 1.49. The van der Waals surface area contributed by atoms with Gasteiger partial charge in [0, 0.05) is 19.5 Å². The predicted octanol–water partition coefficient (Wildman–Crippen LogP) is 2.92. The van der Waals surface area contributed by atoms with Gasteiger partial charge < -0.3 is 10.0 Å². The number of carboxylic acid groups (broad SMARTS) is 1. The minimum atomic E-state index is -0.817. The zero-order valence-electron chi connectivity index (χ0n) is 10.8. The van der Waals surface area contributed by atoms with Crippen molar-refractivity contribution in [3.8, 4) is 0 Å². The van der Waals surface area contributed by atoms with E-state index >= 15 is 0 Å². The number of likely N-dealkylation sites (tertiary alicyclic amines) is 1. The van der Waals surface area contributed by atoms with Gasteiger partial charge in [0.1, 0.15) is 5.82 Å². The van der Waals surface area contributed by atoms with E-state index in [4.69, 9.17) is 5.11 Å². The molecule has 1 heterocycles. The lowest BCUT2D eigenvalue weighted by Crippen LogP contribution is -2.29. The summed E-state index contributed by atoms with van der Waals surface area (Å²) in [6.45, 7) is 1.13. The van der Waals surface area contributed by atoms with Gasteiger partial charge >= 0.3 is 5.97 Å². The van der Waals surface area contributed by atoms with Crippen molar-refractivity contribution in [2.75, 3.05) is 13.1 Å². The molecule has 1 saturated heterocycles. The Hall–Kier alpha value is -1.43. The van der Waals surface area contributed by atoms with Gasteiger partial charge in [0.05, 0.1) is 10.0 Å². The van der Waals surface area contributed by atoms with Gasteiger partial charge in [-0.3, -0.25) is 9.59 Å². The number of carboxylic acids is 1. The molecule has 20 heavy (non-hydrogen) atoms. The monoisotopic (exact) mass is 343 g/mol. The highest BCUT2D eigenvalue weighted by Crippen LogP contribution is 2.26.